The molecule has 13 heavy (non-hydrogen) atoms. The standard InChI is InChI=1S/C9H14N2O2/c1-11(6-5-10)9(13)7-3-2-4-8(7)12/h7-8,12H,2-4,6H2,1H3. The van der Waals surface area contributed by atoms with Crippen LogP contribution in [0.2, 0.25) is 0 Å². The number of aliphatic hydroxyl groups is 1. The largest absolute Gasteiger partial charge is 0.392 e. The molecule has 1 aliphatic rings. The minimum absolute atomic E-state index is 0.0993. The van der Waals surface area contributed by atoms with E-state index in [1.54, 1.807) is 7.05 Å². The van der Waals surface area contributed by atoms with E-state index in [0.717, 1.165) is 12.8 Å². The SMILES string of the molecule is CN(CC#N)C(=O)C1CCCC1O. The molecule has 1 fully saturated rings. The molecule has 1 aliphatic carbocycles. The van der Waals surface area contributed by atoms with Crippen LogP contribution in [0.4, 0.5) is 0 Å². The van der Waals surface area contributed by atoms with Crippen LogP contribution in [-0.2, 0) is 4.79 Å². The number of hydrogen-bond acceptors (Lipinski definition) is 3. The first-order chi connectivity index (χ1) is 6.16. The maximum absolute atomic E-state index is 11.6. The van der Waals surface area contributed by atoms with Gasteiger partial charge in [-0.1, -0.05) is 0 Å². The van der Waals surface area contributed by atoms with Crippen LogP contribution in [0.1, 0.15) is 19.3 Å². The minimum atomic E-state index is -0.506. The van der Waals surface area contributed by atoms with Crippen LogP contribution in [0.5, 0.6) is 0 Å². The van der Waals surface area contributed by atoms with Gasteiger partial charge in [0, 0.05) is 7.05 Å². The smallest absolute Gasteiger partial charge is 0.228 e. The maximum atomic E-state index is 11.6. The minimum Gasteiger partial charge on any atom is -0.392 e. The molecule has 2 atom stereocenters. The number of rotatable bonds is 2. The molecule has 4 heteroatoms. The van der Waals surface area contributed by atoms with Crippen LogP contribution < -0.4 is 0 Å². The molecule has 2 unspecified atom stereocenters. The lowest BCUT2D eigenvalue weighted by atomic mass is 10.0. The summed E-state index contributed by atoms with van der Waals surface area (Å²) in [5.74, 6) is -0.384. The van der Waals surface area contributed by atoms with Gasteiger partial charge in [-0.15, -0.1) is 0 Å². The van der Waals surface area contributed by atoms with Crippen molar-refractivity contribution in [2.75, 3.05) is 13.6 Å². The average molecular weight is 182 g/mol. The van der Waals surface area contributed by atoms with Crippen molar-refractivity contribution in [3.63, 3.8) is 0 Å². The topological polar surface area (TPSA) is 64.3 Å². The molecule has 1 rings (SSSR count). The molecule has 0 heterocycles. The molecule has 72 valence electrons. The van der Waals surface area contributed by atoms with Crippen LogP contribution in [0.25, 0.3) is 0 Å². The van der Waals surface area contributed by atoms with Gasteiger partial charge < -0.3 is 10.0 Å². The Morgan fingerprint density at radius 2 is 2.38 bits per heavy atom. The van der Waals surface area contributed by atoms with E-state index in [1.165, 1.54) is 4.90 Å². The monoisotopic (exact) mass is 182 g/mol. The number of carbonyl (C=O) groups is 1. The highest BCUT2D eigenvalue weighted by atomic mass is 16.3. The number of hydrogen-bond donors (Lipinski definition) is 1. The number of carbonyl (C=O) groups excluding carboxylic acids is 1. The van der Waals surface area contributed by atoms with E-state index in [0.29, 0.717) is 6.42 Å². The van der Waals surface area contributed by atoms with Crippen molar-refractivity contribution in [1.82, 2.24) is 4.90 Å². The summed E-state index contributed by atoms with van der Waals surface area (Å²) in [5.41, 5.74) is 0. The molecule has 0 aromatic heterocycles. The van der Waals surface area contributed by atoms with Crippen molar-refractivity contribution in [1.29, 1.82) is 5.26 Å². The van der Waals surface area contributed by atoms with E-state index in [1.807, 2.05) is 6.07 Å². The summed E-state index contributed by atoms with van der Waals surface area (Å²) >= 11 is 0. The molecular weight excluding hydrogens is 168 g/mol. The summed E-state index contributed by atoms with van der Waals surface area (Å²) in [6, 6.07) is 1.91. The molecular formula is C9H14N2O2. The Morgan fingerprint density at radius 3 is 2.85 bits per heavy atom. The van der Waals surface area contributed by atoms with Crippen molar-refractivity contribution < 1.29 is 9.90 Å². The summed E-state index contributed by atoms with van der Waals surface area (Å²) in [6.45, 7) is 0.0993. The average Bonchev–Trinajstić information content (AvgIpc) is 2.50. The van der Waals surface area contributed by atoms with Gasteiger partial charge in [0.2, 0.25) is 5.91 Å². The first kappa shape index (κ1) is 10.0. The lowest BCUT2D eigenvalue weighted by Crippen LogP contribution is -2.36. The second-order valence-corrected chi connectivity index (χ2v) is 3.46. The van der Waals surface area contributed by atoms with Gasteiger partial charge in [-0.3, -0.25) is 4.79 Å². The summed E-state index contributed by atoms with van der Waals surface area (Å²) in [5, 5.41) is 17.8. The zero-order valence-electron chi connectivity index (χ0n) is 7.73. The Bertz CT molecular complexity index is 234. The van der Waals surface area contributed by atoms with E-state index in [-0.39, 0.29) is 18.4 Å². The summed E-state index contributed by atoms with van der Waals surface area (Å²) in [4.78, 5) is 12.9. The van der Waals surface area contributed by atoms with Gasteiger partial charge in [0.25, 0.3) is 0 Å². The lowest BCUT2D eigenvalue weighted by molar-refractivity contribution is -0.136. The van der Waals surface area contributed by atoms with Gasteiger partial charge in [-0.25, -0.2) is 0 Å². The van der Waals surface area contributed by atoms with Crippen molar-refractivity contribution >= 4 is 5.91 Å². The molecule has 1 amide bonds. The predicted molar refractivity (Wildman–Crippen MR) is 46.6 cm³/mol. The Hall–Kier alpha value is -1.08. The van der Waals surface area contributed by atoms with Gasteiger partial charge in [0.15, 0.2) is 0 Å². The summed E-state index contributed by atoms with van der Waals surface area (Å²) in [6.07, 6.45) is 1.85. The van der Waals surface area contributed by atoms with Crippen molar-refractivity contribution in [2.24, 2.45) is 5.92 Å². The van der Waals surface area contributed by atoms with Gasteiger partial charge in [0.1, 0.15) is 6.54 Å². The Labute approximate surface area is 77.8 Å². The van der Waals surface area contributed by atoms with Crippen LogP contribution in [0.3, 0.4) is 0 Å². The molecule has 0 aliphatic heterocycles. The van der Waals surface area contributed by atoms with E-state index >= 15 is 0 Å². The fourth-order valence-electron chi connectivity index (χ4n) is 1.70. The second kappa shape index (κ2) is 4.24. The molecule has 0 aromatic carbocycles. The number of aliphatic hydroxyl groups excluding tert-OH is 1. The van der Waals surface area contributed by atoms with Crippen molar-refractivity contribution in [3.8, 4) is 6.07 Å². The Morgan fingerprint density at radius 1 is 1.69 bits per heavy atom. The predicted octanol–water partition coefficient (Wildman–Crippen LogP) is 0.129. The highest BCUT2D eigenvalue weighted by Crippen LogP contribution is 2.26. The maximum Gasteiger partial charge on any atom is 0.228 e. The normalized spacial score (nSPS) is 26.8. The quantitative estimate of drug-likeness (QED) is 0.617. The highest BCUT2D eigenvalue weighted by molar-refractivity contribution is 5.79. The molecule has 0 radical (unpaired) electrons. The number of nitriles is 1. The fourth-order valence-corrected chi connectivity index (χ4v) is 1.70. The van der Waals surface area contributed by atoms with Crippen LogP contribution in [0, 0.1) is 17.2 Å². The molecule has 0 saturated heterocycles. The third-order valence-corrected chi connectivity index (χ3v) is 2.48. The zero-order chi connectivity index (χ0) is 9.84. The van der Waals surface area contributed by atoms with E-state index in [2.05, 4.69) is 0 Å². The number of nitrogens with zero attached hydrogens (tertiary/aromatic N) is 2. The van der Waals surface area contributed by atoms with E-state index in [9.17, 15) is 9.90 Å². The van der Waals surface area contributed by atoms with Crippen molar-refractivity contribution in [2.45, 2.75) is 25.4 Å². The first-order valence-electron chi connectivity index (χ1n) is 4.47. The third kappa shape index (κ3) is 2.19. The third-order valence-electron chi connectivity index (χ3n) is 2.48. The van der Waals surface area contributed by atoms with Gasteiger partial charge in [-0.2, -0.15) is 5.26 Å². The van der Waals surface area contributed by atoms with Crippen LogP contribution in [0.15, 0.2) is 0 Å². The first-order valence-corrected chi connectivity index (χ1v) is 4.47. The molecule has 0 bridgehead atoms. The second-order valence-electron chi connectivity index (χ2n) is 3.46. The Kier molecular flexibility index (Phi) is 3.26. The highest BCUT2D eigenvalue weighted by Gasteiger charge is 2.32. The van der Waals surface area contributed by atoms with E-state index in [4.69, 9.17) is 5.26 Å². The molecule has 0 spiro atoms. The van der Waals surface area contributed by atoms with E-state index < -0.39 is 6.10 Å². The van der Waals surface area contributed by atoms with Gasteiger partial charge >= 0.3 is 0 Å². The fraction of sp³-hybridized carbons (Fsp3) is 0.778. The molecule has 0 aromatic rings. The zero-order valence-corrected chi connectivity index (χ0v) is 7.73. The Balaban J connectivity index is 2.52. The van der Waals surface area contributed by atoms with Crippen LogP contribution in [-0.4, -0.2) is 35.6 Å². The summed E-state index contributed by atoms with van der Waals surface area (Å²) < 4.78 is 0. The van der Waals surface area contributed by atoms with Crippen LogP contribution >= 0.6 is 0 Å². The molecule has 1 saturated carbocycles. The van der Waals surface area contributed by atoms with Gasteiger partial charge in [0.05, 0.1) is 18.1 Å². The van der Waals surface area contributed by atoms with Gasteiger partial charge in [-0.05, 0) is 19.3 Å². The van der Waals surface area contributed by atoms with Crippen molar-refractivity contribution in [3.05, 3.63) is 0 Å². The lowest BCUT2D eigenvalue weighted by Gasteiger charge is -2.20. The number of amides is 1. The molecule has 1 N–H and O–H groups in total. The summed E-state index contributed by atoms with van der Waals surface area (Å²) in [7, 11) is 1.59. The molecule has 4 nitrogen and oxygen atoms in total.